The Kier molecular flexibility index (Phi) is 4.86. The summed E-state index contributed by atoms with van der Waals surface area (Å²) in [4.78, 5) is 17.1. The normalized spacial score (nSPS) is 23.9. The summed E-state index contributed by atoms with van der Waals surface area (Å²) in [6, 6.07) is 8.46. The number of aromatic nitrogens is 1. The Hall–Kier alpha value is -2.32. The van der Waals surface area contributed by atoms with Gasteiger partial charge in [-0.05, 0) is 68.9 Å². The number of nitrogens with one attached hydrogen (secondary N) is 2. The van der Waals surface area contributed by atoms with Crippen LogP contribution in [0.3, 0.4) is 0 Å². The first kappa shape index (κ1) is 19.6. The van der Waals surface area contributed by atoms with Crippen molar-refractivity contribution >= 4 is 38.3 Å². The number of benzene rings is 1. The minimum atomic E-state index is -2.94. The molecule has 2 aromatic heterocycles. The van der Waals surface area contributed by atoms with Gasteiger partial charge >= 0.3 is 0 Å². The first-order valence-corrected chi connectivity index (χ1v) is 12.1. The van der Waals surface area contributed by atoms with E-state index in [4.69, 9.17) is 25.2 Å². The summed E-state index contributed by atoms with van der Waals surface area (Å²) >= 11 is 6.02. The number of halogens is 1. The molecule has 9 heteroatoms. The van der Waals surface area contributed by atoms with E-state index in [0.717, 1.165) is 55.5 Å². The average molecular weight is 448 g/mol. The molecule has 30 heavy (non-hydrogen) atoms. The van der Waals surface area contributed by atoms with Crippen LogP contribution in [0.4, 0.5) is 0 Å². The van der Waals surface area contributed by atoms with Gasteiger partial charge in [-0.2, -0.15) is 0 Å². The molecule has 1 aromatic carbocycles. The van der Waals surface area contributed by atoms with E-state index in [1.807, 2.05) is 6.07 Å². The molecule has 0 aliphatic heterocycles. The quantitative estimate of drug-likeness (QED) is 0.565. The van der Waals surface area contributed by atoms with E-state index >= 15 is 0 Å². The molecule has 7 nitrogen and oxygen atoms in total. The lowest BCUT2D eigenvalue weighted by Crippen LogP contribution is -2.37. The van der Waals surface area contributed by atoms with E-state index in [2.05, 4.69) is 10.3 Å². The molecule has 2 saturated carbocycles. The summed E-state index contributed by atoms with van der Waals surface area (Å²) in [5.41, 5.74) is 1.49. The number of nitrogens with zero attached hydrogens (tertiary/aromatic N) is 1. The monoisotopic (exact) mass is 447 g/mol. The van der Waals surface area contributed by atoms with Crippen LogP contribution in [0.15, 0.2) is 44.3 Å². The zero-order valence-corrected chi connectivity index (χ0v) is 17.8. The van der Waals surface area contributed by atoms with Crippen LogP contribution in [0.5, 0.6) is 0 Å². The molecule has 158 valence electrons. The number of furan rings is 1. The van der Waals surface area contributed by atoms with Gasteiger partial charge in [-0.3, -0.25) is 4.79 Å². The number of hydrogen-bond donors (Lipinski definition) is 2. The van der Waals surface area contributed by atoms with Crippen molar-refractivity contribution in [2.45, 2.75) is 60.8 Å². The van der Waals surface area contributed by atoms with Gasteiger partial charge in [0, 0.05) is 17.0 Å². The highest BCUT2D eigenvalue weighted by Gasteiger charge is 2.36. The maximum atomic E-state index is 12.5. The predicted octanol–water partition coefficient (Wildman–Crippen LogP) is 5.10. The van der Waals surface area contributed by atoms with Crippen molar-refractivity contribution in [3.8, 4) is 0 Å². The number of amides is 1. The van der Waals surface area contributed by atoms with Crippen molar-refractivity contribution in [3.63, 3.8) is 0 Å². The highest BCUT2D eigenvalue weighted by atomic mass is 35.5. The van der Waals surface area contributed by atoms with Gasteiger partial charge in [0.2, 0.25) is 0 Å². The predicted molar refractivity (Wildman–Crippen MR) is 112 cm³/mol. The summed E-state index contributed by atoms with van der Waals surface area (Å²) in [7, 11) is -2.94. The Bertz CT molecular complexity index is 1200. The first-order chi connectivity index (χ1) is 14.4. The molecule has 1 amide bonds. The zero-order chi connectivity index (χ0) is 20.9. The number of oxazole rings is 1. The van der Waals surface area contributed by atoms with Crippen molar-refractivity contribution in [3.05, 3.63) is 47.0 Å². The van der Waals surface area contributed by atoms with E-state index in [1.54, 1.807) is 12.1 Å². The summed E-state index contributed by atoms with van der Waals surface area (Å²) < 4.78 is 31.8. The maximum Gasteiger partial charge on any atom is 0.287 e. The zero-order valence-electron chi connectivity index (χ0n) is 16.2. The Morgan fingerprint density at radius 3 is 2.60 bits per heavy atom. The number of carbonyl (C=O) groups is 1. The number of carbonyl (C=O) groups excluding carboxylic acids is 1. The van der Waals surface area contributed by atoms with Gasteiger partial charge in [0.1, 0.15) is 15.2 Å². The molecule has 2 fully saturated rings. The molecule has 0 bridgehead atoms. The lowest BCUT2D eigenvalue weighted by atomic mass is 9.86. The Balaban J connectivity index is 1.20. The molecule has 2 heterocycles. The highest BCUT2D eigenvalue weighted by molar-refractivity contribution is 7.93. The van der Waals surface area contributed by atoms with Crippen LogP contribution in [-0.2, 0) is 9.73 Å². The minimum Gasteiger partial charge on any atom is -0.441 e. The van der Waals surface area contributed by atoms with Crippen LogP contribution < -0.4 is 5.32 Å². The van der Waals surface area contributed by atoms with Crippen LogP contribution in [-0.4, -0.2) is 26.4 Å². The smallest absolute Gasteiger partial charge is 0.287 e. The fourth-order valence-electron chi connectivity index (χ4n) is 4.00. The third-order valence-corrected chi connectivity index (χ3v) is 8.34. The highest BCUT2D eigenvalue weighted by Crippen LogP contribution is 2.36. The molecule has 2 N–H and O–H groups in total. The second-order valence-corrected chi connectivity index (χ2v) is 10.8. The van der Waals surface area contributed by atoms with Gasteiger partial charge in [0.25, 0.3) is 5.91 Å². The average Bonchev–Trinajstić information content (AvgIpc) is 3.32. The van der Waals surface area contributed by atoms with Crippen molar-refractivity contribution in [1.82, 2.24) is 10.3 Å². The number of rotatable bonds is 5. The molecule has 0 unspecified atom stereocenters. The van der Waals surface area contributed by atoms with Crippen LogP contribution in [0, 0.1) is 4.78 Å². The second kappa shape index (κ2) is 7.42. The van der Waals surface area contributed by atoms with Crippen molar-refractivity contribution in [2.75, 3.05) is 0 Å². The summed E-state index contributed by atoms with van der Waals surface area (Å²) in [6.45, 7) is 0. The van der Waals surface area contributed by atoms with Crippen LogP contribution in [0.2, 0.25) is 5.02 Å². The van der Waals surface area contributed by atoms with Gasteiger partial charge in [0.15, 0.2) is 22.3 Å². The van der Waals surface area contributed by atoms with Gasteiger partial charge < -0.3 is 14.2 Å². The molecule has 0 saturated heterocycles. The van der Waals surface area contributed by atoms with Crippen LogP contribution in [0.25, 0.3) is 11.1 Å². The molecule has 2 aliphatic rings. The lowest BCUT2D eigenvalue weighted by molar-refractivity contribution is 0.0891. The molecular formula is C21H22ClN3O4S. The fourth-order valence-corrected chi connectivity index (χ4v) is 5.78. The van der Waals surface area contributed by atoms with Crippen molar-refractivity contribution in [2.24, 2.45) is 0 Å². The largest absolute Gasteiger partial charge is 0.441 e. The lowest BCUT2D eigenvalue weighted by Gasteiger charge is -2.27. The van der Waals surface area contributed by atoms with E-state index < -0.39 is 9.73 Å². The first-order valence-electron chi connectivity index (χ1n) is 10.1. The van der Waals surface area contributed by atoms with Gasteiger partial charge in [0.05, 0.1) is 5.25 Å². The number of fused-ring (bicyclic) bond motifs is 1. The Labute approximate surface area is 179 Å². The molecular weight excluding hydrogens is 426 g/mol. The van der Waals surface area contributed by atoms with Crippen molar-refractivity contribution in [1.29, 1.82) is 4.78 Å². The SMILES string of the molecule is N=[S@](=O)(c1ccc(C(=O)N[C@H]2CC[C@H](c3nc4cc(Cl)ccc4o3)CC2)o1)C1CC1. The molecule has 0 radical (unpaired) electrons. The molecule has 3 aromatic rings. The van der Waals surface area contributed by atoms with E-state index in [0.29, 0.717) is 5.02 Å². The molecule has 2 aliphatic carbocycles. The Morgan fingerprint density at radius 1 is 1.10 bits per heavy atom. The number of hydrogen-bond acceptors (Lipinski definition) is 6. The molecule has 5 rings (SSSR count). The molecule has 1 atom stereocenters. The van der Waals surface area contributed by atoms with E-state index in [1.165, 1.54) is 12.1 Å². The molecule has 0 spiro atoms. The van der Waals surface area contributed by atoms with E-state index in [9.17, 15) is 9.00 Å². The second-order valence-electron chi connectivity index (χ2n) is 8.10. The topological polar surface area (TPSA) is 109 Å². The third-order valence-electron chi connectivity index (χ3n) is 5.88. The third kappa shape index (κ3) is 3.74. The fraction of sp³-hybridized carbons (Fsp3) is 0.429. The minimum absolute atomic E-state index is 0.0323. The maximum absolute atomic E-state index is 12.5. The van der Waals surface area contributed by atoms with Gasteiger partial charge in [-0.15, -0.1) is 0 Å². The summed E-state index contributed by atoms with van der Waals surface area (Å²) in [5.74, 6) is 0.722. The van der Waals surface area contributed by atoms with Gasteiger partial charge in [-0.1, -0.05) is 11.6 Å². The summed E-state index contributed by atoms with van der Waals surface area (Å²) in [6.07, 6.45) is 4.89. The van der Waals surface area contributed by atoms with Crippen LogP contribution in [0.1, 0.15) is 60.9 Å². The Morgan fingerprint density at radius 2 is 1.87 bits per heavy atom. The standard InChI is InChI=1S/C21H22ClN3O4S/c22-13-3-8-17-16(11-13)25-21(29-17)12-1-4-14(5-2-12)24-20(26)18-9-10-19(28-18)30(23,27)15-6-7-15/h3,8-12,14-15,23H,1-2,4-7H2,(H,24,26)/t12-,14-,30-/m1/s1. The van der Waals surface area contributed by atoms with Crippen LogP contribution >= 0.6 is 11.6 Å². The van der Waals surface area contributed by atoms with E-state index in [-0.39, 0.29) is 34.0 Å². The van der Waals surface area contributed by atoms with Gasteiger partial charge in [-0.25, -0.2) is 14.0 Å². The summed E-state index contributed by atoms with van der Waals surface area (Å²) in [5, 5.41) is 3.59. The van der Waals surface area contributed by atoms with Crippen molar-refractivity contribution < 1.29 is 17.8 Å².